The van der Waals surface area contributed by atoms with Crippen LogP contribution in [0.3, 0.4) is 0 Å². The highest BCUT2D eigenvalue weighted by molar-refractivity contribution is 6.00. The first-order valence-electron chi connectivity index (χ1n) is 11.3. The van der Waals surface area contributed by atoms with Crippen molar-refractivity contribution in [2.24, 2.45) is 0 Å². The van der Waals surface area contributed by atoms with E-state index in [4.69, 9.17) is 4.74 Å². The number of aromatic nitrogens is 3. The molecule has 1 aromatic heterocycles. The smallest absolute Gasteiger partial charge is 0.229 e. The molecule has 2 heterocycles. The molecule has 0 radical (unpaired) electrons. The monoisotopic (exact) mass is 447 g/mol. The molecule has 2 amide bonds. The van der Waals surface area contributed by atoms with E-state index in [-0.39, 0.29) is 18.2 Å². The number of para-hydroxylation sites is 1. The van der Waals surface area contributed by atoms with Crippen LogP contribution in [0.15, 0.2) is 48.5 Å². The zero-order valence-corrected chi connectivity index (χ0v) is 19.1. The first-order chi connectivity index (χ1) is 16.1. The summed E-state index contributed by atoms with van der Waals surface area (Å²) in [7, 11) is 1.66. The number of hydrogen-bond acceptors (Lipinski definition) is 5. The fraction of sp³-hybridized carbons (Fsp3) is 0.360. The van der Waals surface area contributed by atoms with Gasteiger partial charge in [-0.2, -0.15) is 0 Å². The Morgan fingerprint density at radius 3 is 2.61 bits per heavy atom. The third-order valence-corrected chi connectivity index (χ3v) is 5.73. The largest absolute Gasteiger partial charge is 0.383 e. The number of amides is 2. The number of anilines is 1. The van der Waals surface area contributed by atoms with Gasteiger partial charge in [0.05, 0.1) is 31.1 Å². The predicted molar refractivity (Wildman–Crippen MR) is 126 cm³/mol. The second-order valence-corrected chi connectivity index (χ2v) is 8.01. The highest BCUT2D eigenvalue weighted by Crippen LogP contribution is 2.40. The molecule has 1 aliphatic heterocycles. The Morgan fingerprint density at radius 1 is 1.06 bits per heavy atom. The van der Waals surface area contributed by atoms with Crippen molar-refractivity contribution >= 4 is 17.5 Å². The normalized spacial score (nSPS) is 12.2. The third-order valence-electron chi connectivity index (χ3n) is 5.73. The SMILES string of the molecule is CCCC(=O)NCCC(=O)N1Cc2ccccc2-c2c(nnn2CCOC)-c2ccccc21. The first-order valence-corrected chi connectivity index (χ1v) is 11.3. The number of rotatable bonds is 8. The Kier molecular flexibility index (Phi) is 7.14. The number of fused-ring (bicyclic) bond motifs is 5. The van der Waals surface area contributed by atoms with E-state index in [2.05, 4.69) is 15.6 Å². The van der Waals surface area contributed by atoms with Gasteiger partial charge < -0.3 is 15.0 Å². The number of carbonyl (C=O) groups excluding carboxylic acids is 2. The highest BCUT2D eigenvalue weighted by Gasteiger charge is 2.28. The van der Waals surface area contributed by atoms with Crippen molar-refractivity contribution in [3.63, 3.8) is 0 Å². The van der Waals surface area contributed by atoms with E-state index in [1.165, 1.54) is 0 Å². The lowest BCUT2D eigenvalue weighted by molar-refractivity contribution is -0.121. The lowest BCUT2D eigenvalue weighted by atomic mass is 9.95. The Hall–Kier alpha value is -3.52. The van der Waals surface area contributed by atoms with Gasteiger partial charge in [0.1, 0.15) is 5.69 Å². The van der Waals surface area contributed by atoms with Crippen LogP contribution in [0.4, 0.5) is 5.69 Å². The molecule has 0 aliphatic carbocycles. The minimum absolute atomic E-state index is 0.0268. The van der Waals surface area contributed by atoms with Gasteiger partial charge in [0, 0.05) is 37.6 Å². The number of benzene rings is 2. The van der Waals surface area contributed by atoms with Gasteiger partial charge in [-0.25, -0.2) is 4.68 Å². The molecule has 8 nitrogen and oxygen atoms in total. The van der Waals surface area contributed by atoms with Crippen LogP contribution in [0, 0.1) is 0 Å². The second kappa shape index (κ2) is 10.4. The fourth-order valence-electron chi connectivity index (χ4n) is 4.13. The summed E-state index contributed by atoms with van der Waals surface area (Å²) < 4.78 is 7.14. The molecule has 1 aliphatic rings. The van der Waals surface area contributed by atoms with Crippen molar-refractivity contribution < 1.29 is 14.3 Å². The predicted octanol–water partition coefficient (Wildman–Crippen LogP) is 3.41. The Bertz CT molecular complexity index is 1140. The summed E-state index contributed by atoms with van der Waals surface area (Å²) in [4.78, 5) is 27.0. The number of carbonyl (C=O) groups is 2. The summed E-state index contributed by atoms with van der Waals surface area (Å²) in [6.45, 7) is 3.79. The van der Waals surface area contributed by atoms with Gasteiger partial charge in [0.25, 0.3) is 0 Å². The van der Waals surface area contributed by atoms with Crippen LogP contribution < -0.4 is 10.2 Å². The number of nitrogens with zero attached hydrogens (tertiary/aromatic N) is 4. The van der Waals surface area contributed by atoms with Crippen LogP contribution in [-0.2, 0) is 27.4 Å². The van der Waals surface area contributed by atoms with Gasteiger partial charge >= 0.3 is 0 Å². The van der Waals surface area contributed by atoms with Gasteiger partial charge in [0.2, 0.25) is 11.8 Å². The van der Waals surface area contributed by atoms with Crippen molar-refractivity contribution in [3.8, 4) is 22.5 Å². The summed E-state index contributed by atoms with van der Waals surface area (Å²) in [6.07, 6.45) is 1.47. The van der Waals surface area contributed by atoms with E-state index in [0.717, 1.165) is 40.2 Å². The Labute approximate surface area is 193 Å². The van der Waals surface area contributed by atoms with Crippen molar-refractivity contribution in [1.82, 2.24) is 20.3 Å². The molecule has 2 aromatic carbocycles. The van der Waals surface area contributed by atoms with Crippen LogP contribution in [0.1, 0.15) is 31.7 Å². The van der Waals surface area contributed by atoms with Gasteiger partial charge in [-0.05, 0) is 18.1 Å². The summed E-state index contributed by atoms with van der Waals surface area (Å²) in [5.41, 5.74) is 5.32. The molecule has 1 N–H and O–H groups in total. The fourth-order valence-corrected chi connectivity index (χ4v) is 4.13. The number of ether oxygens (including phenoxy) is 1. The number of nitrogens with one attached hydrogen (secondary N) is 1. The van der Waals surface area contributed by atoms with Crippen LogP contribution in [0.2, 0.25) is 0 Å². The highest BCUT2D eigenvalue weighted by atomic mass is 16.5. The third kappa shape index (κ3) is 4.80. The van der Waals surface area contributed by atoms with Crippen molar-refractivity contribution in [2.75, 3.05) is 25.2 Å². The molecule has 0 bridgehead atoms. The summed E-state index contributed by atoms with van der Waals surface area (Å²) in [5.74, 6) is -0.0784. The average molecular weight is 448 g/mol. The molecular formula is C25H29N5O3. The van der Waals surface area contributed by atoms with Gasteiger partial charge in [-0.3, -0.25) is 9.59 Å². The van der Waals surface area contributed by atoms with Crippen LogP contribution >= 0.6 is 0 Å². The van der Waals surface area contributed by atoms with E-state index >= 15 is 0 Å². The quantitative estimate of drug-likeness (QED) is 0.572. The van der Waals surface area contributed by atoms with Gasteiger partial charge in [-0.1, -0.05) is 54.6 Å². The van der Waals surface area contributed by atoms with E-state index in [1.54, 1.807) is 12.0 Å². The van der Waals surface area contributed by atoms with E-state index < -0.39 is 0 Å². The number of methoxy groups -OCH3 is 1. The molecule has 0 fully saturated rings. The molecule has 0 saturated carbocycles. The summed E-state index contributed by atoms with van der Waals surface area (Å²) in [6, 6.07) is 15.8. The molecule has 4 rings (SSSR count). The average Bonchev–Trinajstić information content (AvgIpc) is 3.23. The molecule has 33 heavy (non-hydrogen) atoms. The number of hydrogen-bond donors (Lipinski definition) is 1. The first kappa shape index (κ1) is 22.7. The van der Waals surface area contributed by atoms with Crippen molar-refractivity contribution in [2.45, 2.75) is 39.3 Å². The maximum absolute atomic E-state index is 13.4. The maximum Gasteiger partial charge on any atom is 0.229 e. The van der Waals surface area contributed by atoms with E-state index in [0.29, 0.717) is 32.7 Å². The van der Waals surface area contributed by atoms with Gasteiger partial charge in [-0.15, -0.1) is 5.10 Å². The molecule has 3 aromatic rings. The standard InChI is InChI=1S/C25H29N5O3/c1-3-8-22(31)26-14-13-23(32)29-17-18-9-4-5-10-19(18)25-24(20-11-6-7-12-21(20)29)27-28-30(25)15-16-33-2/h4-7,9-12H,3,8,13-17H2,1-2H3,(H,26,31). The van der Waals surface area contributed by atoms with E-state index in [1.807, 2.05) is 60.1 Å². The van der Waals surface area contributed by atoms with Crippen molar-refractivity contribution in [3.05, 3.63) is 54.1 Å². The molecule has 172 valence electrons. The molecule has 0 saturated heterocycles. The summed E-state index contributed by atoms with van der Waals surface area (Å²) >= 11 is 0. The van der Waals surface area contributed by atoms with Gasteiger partial charge in [0.15, 0.2) is 0 Å². The van der Waals surface area contributed by atoms with Crippen LogP contribution in [-0.4, -0.2) is 47.1 Å². The Balaban J connectivity index is 1.74. The van der Waals surface area contributed by atoms with E-state index in [9.17, 15) is 9.59 Å². The molecule has 0 atom stereocenters. The molecular weight excluding hydrogens is 418 g/mol. The van der Waals surface area contributed by atoms with Crippen LogP contribution in [0.25, 0.3) is 22.5 Å². The van der Waals surface area contributed by atoms with Crippen molar-refractivity contribution in [1.29, 1.82) is 0 Å². The molecule has 0 spiro atoms. The minimum Gasteiger partial charge on any atom is -0.383 e. The lowest BCUT2D eigenvalue weighted by Crippen LogP contribution is -2.35. The lowest BCUT2D eigenvalue weighted by Gasteiger charge is -2.28. The molecule has 0 unspecified atom stereocenters. The summed E-state index contributed by atoms with van der Waals surface area (Å²) in [5, 5.41) is 11.8. The second-order valence-electron chi connectivity index (χ2n) is 8.01. The van der Waals surface area contributed by atoms with Crippen LogP contribution in [0.5, 0.6) is 0 Å². The zero-order valence-electron chi connectivity index (χ0n) is 19.1. The minimum atomic E-state index is -0.0516. The topological polar surface area (TPSA) is 89.4 Å². The zero-order chi connectivity index (χ0) is 23.2. The maximum atomic E-state index is 13.4. The Morgan fingerprint density at radius 2 is 1.82 bits per heavy atom. The molecule has 8 heteroatoms.